The summed E-state index contributed by atoms with van der Waals surface area (Å²) in [4.78, 5) is 21.2. The molecule has 6 heteroatoms. The van der Waals surface area contributed by atoms with Crippen LogP contribution in [0, 0.1) is 5.82 Å². The van der Waals surface area contributed by atoms with E-state index < -0.39 is 29.6 Å². The van der Waals surface area contributed by atoms with Crippen LogP contribution in [0.1, 0.15) is 18.6 Å². The molecule has 0 bridgehead atoms. The summed E-state index contributed by atoms with van der Waals surface area (Å²) in [6.07, 6.45) is -1.94. The summed E-state index contributed by atoms with van der Waals surface area (Å²) < 4.78 is 17.8. The van der Waals surface area contributed by atoms with Gasteiger partial charge in [-0.3, -0.25) is 4.79 Å². The quantitative estimate of drug-likeness (QED) is 0.592. The predicted octanol–water partition coefficient (Wildman–Crippen LogP) is 0.869. The molecule has 1 atom stereocenters. The zero-order valence-electron chi connectivity index (χ0n) is 8.31. The van der Waals surface area contributed by atoms with Crippen LogP contribution < -0.4 is 4.74 Å². The average molecular weight is 228 g/mol. The summed E-state index contributed by atoms with van der Waals surface area (Å²) >= 11 is 0. The highest BCUT2D eigenvalue weighted by Crippen LogP contribution is 2.28. The number of carboxylic acids is 1. The monoisotopic (exact) mass is 228 g/mol. The summed E-state index contributed by atoms with van der Waals surface area (Å²) in [5.74, 6) is -3.83. The minimum absolute atomic E-state index is 0.303. The van der Waals surface area contributed by atoms with Crippen LogP contribution in [0.2, 0.25) is 0 Å². The van der Waals surface area contributed by atoms with Gasteiger partial charge in [-0.25, -0.2) is 9.18 Å². The Kier molecular flexibility index (Phi) is 3.57. The number of hydrogen-bond acceptors (Lipinski definition) is 4. The van der Waals surface area contributed by atoms with E-state index in [0.717, 1.165) is 13.0 Å². The SMILES string of the molecule is CC(=O)Oc1c(F)cccc1C(O)C(=O)O. The number of carbonyl (C=O) groups excluding carboxylic acids is 1. The number of carboxylic acid groups (broad SMARTS) is 1. The predicted molar refractivity (Wildman–Crippen MR) is 50.3 cm³/mol. The lowest BCUT2D eigenvalue weighted by Crippen LogP contribution is -2.14. The fourth-order valence-corrected chi connectivity index (χ4v) is 1.13. The molecule has 0 aliphatic heterocycles. The van der Waals surface area contributed by atoms with Crippen LogP contribution in [0.5, 0.6) is 5.75 Å². The third kappa shape index (κ3) is 2.54. The summed E-state index contributed by atoms with van der Waals surface area (Å²) in [6, 6.07) is 3.38. The summed E-state index contributed by atoms with van der Waals surface area (Å²) in [6.45, 7) is 1.05. The van der Waals surface area contributed by atoms with Gasteiger partial charge in [0, 0.05) is 12.5 Å². The van der Waals surface area contributed by atoms with Crippen LogP contribution in [0.25, 0.3) is 0 Å². The second-order valence-corrected chi connectivity index (χ2v) is 2.99. The minimum atomic E-state index is -1.94. The molecule has 86 valence electrons. The van der Waals surface area contributed by atoms with E-state index in [1.165, 1.54) is 12.1 Å². The number of hydrogen-bond donors (Lipinski definition) is 2. The van der Waals surface area contributed by atoms with Gasteiger partial charge in [-0.05, 0) is 6.07 Å². The van der Waals surface area contributed by atoms with Gasteiger partial charge in [0.2, 0.25) is 0 Å². The molecule has 0 aliphatic carbocycles. The van der Waals surface area contributed by atoms with Crippen molar-refractivity contribution in [2.75, 3.05) is 0 Å². The highest BCUT2D eigenvalue weighted by molar-refractivity contribution is 5.76. The van der Waals surface area contributed by atoms with Gasteiger partial charge >= 0.3 is 11.9 Å². The summed E-state index contributed by atoms with van der Waals surface area (Å²) in [5.41, 5.74) is -0.303. The van der Waals surface area contributed by atoms with Crippen molar-refractivity contribution in [3.05, 3.63) is 29.6 Å². The fraction of sp³-hybridized carbons (Fsp3) is 0.200. The number of aliphatic hydroxyl groups is 1. The number of aliphatic carboxylic acids is 1. The van der Waals surface area contributed by atoms with E-state index in [9.17, 15) is 19.1 Å². The van der Waals surface area contributed by atoms with Crippen LogP contribution >= 0.6 is 0 Å². The van der Waals surface area contributed by atoms with E-state index in [2.05, 4.69) is 4.74 Å². The summed E-state index contributed by atoms with van der Waals surface area (Å²) in [5, 5.41) is 17.8. The maximum atomic E-state index is 13.3. The molecule has 2 N–H and O–H groups in total. The lowest BCUT2D eigenvalue weighted by Gasteiger charge is -2.11. The lowest BCUT2D eigenvalue weighted by molar-refractivity contribution is -0.147. The zero-order valence-corrected chi connectivity index (χ0v) is 8.31. The topological polar surface area (TPSA) is 83.8 Å². The van der Waals surface area contributed by atoms with Crippen molar-refractivity contribution in [2.45, 2.75) is 13.0 Å². The van der Waals surface area contributed by atoms with Gasteiger partial charge in [-0.2, -0.15) is 0 Å². The molecular weight excluding hydrogens is 219 g/mol. The molecule has 0 heterocycles. The largest absolute Gasteiger partial charge is 0.479 e. The van der Waals surface area contributed by atoms with Gasteiger partial charge in [0.1, 0.15) is 0 Å². The molecule has 1 aromatic rings. The molecule has 16 heavy (non-hydrogen) atoms. The molecule has 1 unspecified atom stereocenters. The van der Waals surface area contributed by atoms with E-state index in [0.29, 0.717) is 0 Å². The standard InChI is InChI=1S/C10H9FO5/c1-5(12)16-9-6(8(13)10(14)15)3-2-4-7(9)11/h2-4,8,13H,1H3,(H,14,15). The first-order chi connectivity index (χ1) is 7.43. The molecule has 0 spiro atoms. The Labute approximate surface area is 90.1 Å². The molecular formula is C10H9FO5. The summed E-state index contributed by atoms with van der Waals surface area (Å²) in [7, 11) is 0. The van der Waals surface area contributed by atoms with Crippen LogP contribution in [0.3, 0.4) is 0 Å². The first kappa shape index (κ1) is 12.1. The molecule has 0 aliphatic rings. The molecule has 0 radical (unpaired) electrons. The van der Waals surface area contributed by atoms with Gasteiger partial charge in [0.05, 0.1) is 0 Å². The van der Waals surface area contributed by atoms with E-state index in [1.807, 2.05) is 0 Å². The van der Waals surface area contributed by atoms with Crippen molar-refractivity contribution in [1.82, 2.24) is 0 Å². The molecule has 0 saturated carbocycles. The molecule has 1 rings (SSSR count). The van der Waals surface area contributed by atoms with E-state index >= 15 is 0 Å². The first-order valence-corrected chi connectivity index (χ1v) is 4.31. The number of carbonyl (C=O) groups is 2. The van der Waals surface area contributed by atoms with Crippen molar-refractivity contribution in [3.63, 3.8) is 0 Å². The number of ether oxygens (including phenoxy) is 1. The average Bonchev–Trinajstić information content (AvgIpc) is 2.19. The number of benzene rings is 1. The number of esters is 1. The van der Waals surface area contributed by atoms with E-state index in [-0.39, 0.29) is 5.56 Å². The Balaban J connectivity index is 3.22. The van der Waals surface area contributed by atoms with Gasteiger partial charge < -0.3 is 14.9 Å². The maximum absolute atomic E-state index is 13.3. The molecule has 5 nitrogen and oxygen atoms in total. The molecule has 0 saturated heterocycles. The van der Waals surface area contributed by atoms with E-state index in [1.54, 1.807) is 0 Å². The minimum Gasteiger partial charge on any atom is -0.479 e. The number of aliphatic hydroxyl groups excluding tert-OH is 1. The molecule has 0 aromatic heterocycles. The second kappa shape index (κ2) is 4.71. The van der Waals surface area contributed by atoms with Gasteiger partial charge in [-0.1, -0.05) is 12.1 Å². The van der Waals surface area contributed by atoms with Crippen molar-refractivity contribution in [2.24, 2.45) is 0 Å². The Morgan fingerprint density at radius 2 is 2.06 bits per heavy atom. The van der Waals surface area contributed by atoms with Crippen LogP contribution in [-0.4, -0.2) is 22.2 Å². The van der Waals surface area contributed by atoms with Gasteiger partial charge in [-0.15, -0.1) is 0 Å². The Hall–Kier alpha value is -1.95. The van der Waals surface area contributed by atoms with Crippen molar-refractivity contribution in [3.8, 4) is 5.75 Å². The third-order valence-electron chi connectivity index (χ3n) is 1.77. The number of halogens is 1. The van der Waals surface area contributed by atoms with Crippen molar-refractivity contribution in [1.29, 1.82) is 0 Å². The van der Waals surface area contributed by atoms with Crippen LogP contribution in [0.4, 0.5) is 4.39 Å². The smallest absolute Gasteiger partial charge is 0.337 e. The molecule has 0 fully saturated rings. The van der Waals surface area contributed by atoms with Gasteiger partial charge in [0.25, 0.3) is 0 Å². The van der Waals surface area contributed by atoms with Crippen molar-refractivity contribution < 1.29 is 28.9 Å². The van der Waals surface area contributed by atoms with Crippen LogP contribution in [0.15, 0.2) is 18.2 Å². The maximum Gasteiger partial charge on any atom is 0.337 e. The zero-order chi connectivity index (χ0) is 12.3. The third-order valence-corrected chi connectivity index (χ3v) is 1.77. The Bertz CT molecular complexity index is 429. The second-order valence-electron chi connectivity index (χ2n) is 2.99. The lowest BCUT2D eigenvalue weighted by atomic mass is 10.1. The fourth-order valence-electron chi connectivity index (χ4n) is 1.13. The number of rotatable bonds is 3. The van der Waals surface area contributed by atoms with E-state index in [4.69, 9.17) is 5.11 Å². The Morgan fingerprint density at radius 3 is 2.56 bits per heavy atom. The van der Waals surface area contributed by atoms with Gasteiger partial charge in [0.15, 0.2) is 17.7 Å². The molecule has 1 aromatic carbocycles. The number of para-hydroxylation sites is 1. The van der Waals surface area contributed by atoms with Crippen molar-refractivity contribution >= 4 is 11.9 Å². The Morgan fingerprint density at radius 1 is 1.44 bits per heavy atom. The highest BCUT2D eigenvalue weighted by atomic mass is 19.1. The first-order valence-electron chi connectivity index (χ1n) is 4.31. The van der Waals surface area contributed by atoms with Crippen LogP contribution in [-0.2, 0) is 9.59 Å². The highest BCUT2D eigenvalue weighted by Gasteiger charge is 2.23. The normalized spacial score (nSPS) is 11.9. The molecule has 0 amide bonds.